The molecule has 1 saturated heterocycles. The number of nitrogens with one attached hydrogen (secondary N) is 2. The van der Waals surface area contributed by atoms with Crippen LogP contribution in [0.5, 0.6) is 0 Å². The van der Waals surface area contributed by atoms with Crippen molar-refractivity contribution in [3.05, 3.63) is 24.8 Å². The largest absolute Gasteiger partial charge is 0.790 e. The molecule has 3 rings (SSSR count). The van der Waals surface area contributed by atoms with E-state index in [1.165, 1.54) is 174 Å². The number of hydrogen-bond donors (Lipinski definition) is 5. The number of aliphatic hydroxyl groups is 2. The first kappa shape index (κ1) is 72.6. The molecule has 0 bridgehead atoms. The topological polar surface area (TPSA) is 375 Å². The number of carbonyl (C=O) groups is 3. The second kappa shape index (κ2) is 39.8. The van der Waals surface area contributed by atoms with Crippen LogP contribution in [0.15, 0.2) is 24.8 Å². The van der Waals surface area contributed by atoms with E-state index in [0.717, 1.165) is 48.2 Å². The number of carbonyl (C=O) groups excluding carboxylic acids is 3. The van der Waals surface area contributed by atoms with E-state index < -0.39 is 84.6 Å². The molecule has 6 N–H and O–H groups in total. The van der Waals surface area contributed by atoms with E-state index in [1.54, 1.807) is 6.08 Å². The Morgan fingerprint density at radius 2 is 1.27 bits per heavy atom. The van der Waals surface area contributed by atoms with E-state index in [9.17, 15) is 57.9 Å². The summed E-state index contributed by atoms with van der Waals surface area (Å²) in [5.74, 6) is -1.20. The van der Waals surface area contributed by atoms with Crippen molar-refractivity contribution >= 4 is 69.1 Å². The Morgan fingerprint density at radius 3 is 1.79 bits per heavy atom. The zero-order chi connectivity index (χ0) is 59.6. The molecule has 1 aliphatic rings. The van der Waals surface area contributed by atoms with Gasteiger partial charge in [0.2, 0.25) is 16.9 Å². The van der Waals surface area contributed by atoms with Gasteiger partial charge in [0.25, 0.3) is 15.6 Å². The van der Waals surface area contributed by atoms with E-state index in [1.807, 2.05) is 6.08 Å². The maximum atomic E-state index is 12.7. The molecular weight excluding hydrogens is 1130 g/mol. The normalized spacial score (nSPS) is 18.8. The molecule has 466 valence electrons. The average Bonchev–Trinajstić information content (AvgIpc) is 4.11. The number of unbranched alkanes of at least 4 members (excludes halogenated alkanes) is 27. The number of aliphatic hydroxyl groups excluding tert-OH is 2. The molecule has 0 aromatic carbocycles. The quantitative estimate of drug-likeness (QED) is 0.0241. The van der Waals surface area contributed by atoms with Gasteiger partial charge in [-0.15, -0.1) is 0 Å². The number of amides is 2. The lowest BCUT2D eigenvalue weighted by Crippen LogP contribution is -2.46. The minimum atomic E-state index is -5.93. The smallest absolute Gasteiger partial charge is 0.274 e. The Labute approximate surface area is 483 Å². The number of aromatic nitrogens is 4. The molecule has 0 saturated carbocycles. The molecule has 0 spiro atoms. The van der Waals surface area contributed by atoms with Gasteiger partial charge in [0.15, 0.2) is 17.7 Å². The first-order chi connectivity index (χ1) is 38.6. The van der Waals surface area contributed by atoms with Gasteiger partial charge in [-0.1, -0.05) is 206 Å². The third kappa shape index (κ3) is 31.3. The molecule has 2 aromatic rings. The molecule has 24 nitrogen and oxygen atoms in total. The van der Waals surface area contributed by atoms with Crippen LogP contribution in [0.4, 0.5) is 5.82 Å². The zero-order valence-electron chi connectivity index (χ0n) is 47.9. The summed E-state index contributed by atoms with van der Waals surface area (Å²) in [6.45, 7) is 2.42. The predicted octanol–water partition coefficient (Wildman–Crippen LogP) is 7.64. The van der Waals surface area contributed by atoms with Crippen LogP contribution >= 0.6 is 35.2 Å². The summed E-state index contributed by atoms with van der Waals surface area (Å²) in [5.41, 5.74) is 4.10. The fraction of sp³-hybridized carbons (Fsp3) is 0.811. The number of phosphoric acid groups is 3. The zero-order valence-corrected chi connectivity index (χ0v) is 51.4. The first-order valence-corrected chi connectivity index (χ1v) is 34.6. The minimum absolute atomic E-state index is 0.0183. The van der Waals surface area contributed by atoms with Crippen LogP contribution in [-0.2, 0) is 50.7 Å². The SMILES string of the molecule is CCCCCCCCCCCCCCCCCCCCCCCCCCCCC/C=C/C(=O)SCCNC(=O)CCNC(=O)[C@H](O)C(C)(C)COP(=O)([O-])OP(=O)([O-])OC[C@H]1O[C@@H](n2cnc3c(N)ncnc32)[C@H](O)[C@@H]1OP(=O)([O-])[O-]. The molecule has 2 unspecified atom stereocenters. The second-order valence-corrected chi connectivity index (χ2v) is 26.7. The van der Waals surface area contributed by atoms with Gasteiger partial charge in [-0.05, 0) is 18.9 Å². The van der Waals surface area contributed by atoms with Crippen LogP contribution < -0.4 is 35.9 Å². The van der Waals surface area contributed by atoms with Gasteiger partial charge in [0, 0.05) is 30.7 Å². The number of imidazole rings is 1. The summed E-state index contributed by atoms with van der Waals surface area (Å²) in [4.78, 5) is 97.2. The van der Waals surface area contributed by atoms with Crippen molar-refractivity contribution in [1.82, 2.24) is 30.2 Å². The standard InChI is InChI=1S/C53H96N7O17P3S/c1-4-5-6-7-8-9-10-11-12-13-14-15-16-17-18-19-20-21-22-23-24-25-26-27-28-29-30-31-32-33-44(62)81-37-36-55-43(61)34-35-56-51(65)48(64)53(2,3)39-74-80(71,72)77-79(69,70)73-38-42-47(76-78(66,67)68)46(63)52(75-42)60-41-59-45-49(54)57-40-58-50(45)60/h32-33,40-42,46-48,52,63-64H,4-31,34-39H2,1-3H3,(H,55,61)(H,56,65)(H,69,70)(H,71,72)(H2,54,57,58)(H2,66,67,68)/p-4/b33-32+/t42-,46-,47-,48+,52-/m1/s1. The van der Waals surface area contributed by atoms with Gasteiger partial charge in [0.1, 0.15) is 36.3 Å². The van der Waals surface area contributed by atoms with Gasteiger partial charge < -0.3 is 69.0 Å². The minimum Gasteiger partial charge on any atom is -0.790 e. The average molecular weight is 1220 g/mol. The van der Waals surface area contributed by atoms with Crippen molar-refractivity contribution in [2.75, 3.05) is 37.8 Å². The number of rotatable bonds is 48. The van der Waals surface area contributed by atoms with Crippen molar-refractivity contribution in [2.24, 2.45) is 5.41 Å². The highest BCUT2D eigenvalue weighted by Crippen LogP contribution is 2.56. The van der Waals surface area contributed by atoms with Crippen LogP contribution in [0.2, 0.25) is 0 Å². The van der Waals surface area contributed by atoms with Crippen molar-refractivity contribution < 1.29 is 80.5 Å². The molecule has 1 fully saturated rings. The summed E-state index contributed by atoms with van der Waals surface area (Å²) in [5, 5.41) is 26.4. The van der Waals surface area contributed by atoms with Gasteiger partial charge >= 0.3 is 0 Å². The molecular formula is C53H92N7O17P3S-4. The van der Waals surface area contributed by atoms with E-state index in [4.69, 9.17) is 10.5 Å². The fourth-order valence-corrected chi connectivity index (χ4v) is 12.6. The van der Waals surface area contributed by atoms with E-state index in [2.05, 4.69) is 50.4 Å². The number of nitrogens with two attached hydrogens (primary N) is 1. The van der Waals surface area contributed by atoms with Crippen LogP contribution in [0.3, 0.4) is 0 Å². The molecule has 1 aliphatic heterocycles. The number of nitrogen functional groups attached to an aromatic ring is 1. The third-order valence-corrected chi connectivity index (χ3v) is 17.8. The van der Waals surface area contributed by atoms with Gasteiger partial charge in [-0.25, -0.2) is 19.3 Å². The number of anilines is 1. The number of allylic oxidation sites excluding steroid dienone is 1. The molecule has 0 radical (unpaired) electrons. The molecule has 0 aliphatic carbocycles. The Morgan fingerprint density at radius 1 is 0.765 bits per heavy atom. The number of ether oxygens (including phenoxy) is 1. The fourth-order valence-electron chi connectivity index (χ4n) is 9.24. The second-order valence-electron chi connectivity index (χ2n) is 21.5. The van der Waals surface area contributed by atoms with Gasteiger partial charge in [-0.2, -0.15) is 0 Å². The number of phosphoric ester groups is 3. The highest BCUT2D eigenvalue weighted by atomic mass is 32.2. The molecule has 28 heteroatoms. The van der Waals surface area contributed by atoms with Crippen molar-refractivity contribution in [3.8, 4) is 0 Å². The Bertz CT molecular complexity index is 2300. The van der Waals surface area contributed by atoms with E-state index in [-0.39, 0.29) is 41.6 Å². The number of hydrogen-bond acceptors (Lipinski definition) is 22. The Balaban J connectivity index is 1.16. The lowest BCUT2D eigenvalue weighted by molar-refractivity contribution is -0.347. The summed E-state index contributed by atoms with van der Waals surface area (Å²) < 4.78 is 61.0. The molecule has 2 aromatic heterocycles. The molecule has 7 atom stereocenters. The summed E-state index contributed by atoms with van der Waals surface area (Å²) in [6, 6.07) is 0. The van der Waals surface area contributed by atoms with E-state index >= 15 is 0 Å². The summed E-state index contributed by atoms with van der Waals surface area (Å²) >= 11 is 1.07. The molecule has 2 amide bonds. The highest BCUT2D eigenvalue weighted by molar-refractivity contribution is 8.14. The first-order valence-electron chi connectivity index (χ1n) is 29.2. The van der Waals surface area contributed by atoms with Crippen molar-refractivity contribution in [2.45, 2.75) is 238 Å². The maximum Gasteiger partial charge on any atom is 0.274 e. The van der Waals surface area contributed by atoms with Gasteiger partial charge in [0.05, 0.1) is 27.4 Å². The monoisotopic (exact) mass is 1220 g/mol. The highest BCUT2D eigenvalue weighted by Gasteiger charge is 2.47. The molecule has 3 heterocycles. The number of fused-ring (bicyclic) bond motifs is 1. The van der Waals surface area contributed by atoms with Crippen LogP contribution in [0.1, 0.15) is 213 Å². The summed E-state index contributed by atoms with van der Waals surface area (Å²) in [6.07, 6.45) is 33.3. The van der Waals surface area contributed by atoms with Gasteiger partial charge in [-0.3, -0.25) is 28.1 Å². The number of thioether (sulfide) groups is 1. The predicted molar refractivity (Wildman–Crippen MR) is 302 cm³/mol. The number of nitrogens with zero attached hydrogens (tertiary/aromatic N) is 4. The Kier molecular flexibility index (Phi) is 35.7. The van der Waals surface area contributed by atoms with Crippen LogP contribution in [-0.4, -0.2) is 103 Å². The van der Waals surface area contributed by atoms with E-state index in [0.29, 0.717) is 5.75 Å². The third-order valence-electron chi connectivity index (χ3n) is 13.9. The van der Waals surface area contributed by atoms with Crippen molar-refractivity contribution in [1.29, 1.82) is 0 Å². The molecule has 81 heavy (non-hydrogen) atoms. The van der Waals surface area contributed by atoms with Crippen LogP contribution in [0, 0.1) is 5.41 Å². The lowest BCUT2D eigenvalue weighted by Gasteiger charge is -2.36. The Hall–Kier alpha value is -2.70. The van der Waals surface area contributed by atoms with Crippen LogP contribution in [0.25, 0.3) is 11.2 Å². The maximum absolute atomic E-state index is 12.7. The lowest BCUT2D eigenvalue weighted by atomic mass is 9.87. The summed E-state index contributed by atoms with van der Waals surface area (Å²) in [7, 11) is -17.6. The van der Waals surface area contributed by atoms with Crippen molar-refractivity contribution in [3.63, 3.8) is 0 Å².